The molecule has 0 bridgehead atoms. The predicted octanol–water partition coefficient (Wildman–Crippen LogP) is 2.57. The molecule has 1 aromatic carbocycles. The minimum absolute atomic E-state index is 0.182. The fourth-order valence-corrected chi connectivity index (χ4v) is 3.23. The van der Waals surface area contributed by atoms with Crippen LogP contribution in [0.15, 0.2) is 39.9 Å². The lowest BCUT2D eigenvalue weighted by Gasteiger charge is -2.22. The van der Waals surface area contributed by atoms with Gasteiger partial charge in [0.25, 0.3) is 0 Å². The van der Waals surface area contributed by atoms with Gasteiger partial charge >= 0.3 is 0 Å². The molecule has 1 aromatic heterocycles. The van der Waals surface area contributed by atoms with Crippen molar-refractivity contribution in [1.29, 1.82) is 0 Å². The maximum Gasteiger partial charge on any atom is 0.191 e. The lowest BCUT2D eigenvalue weighted by atomic mass is 10.0. The molecule has 152 valence electrons. The Kier molecular flexibility index (Phi) is 6.14. The number of methoxy groups -OCH3 is 1. The third kappa shape index (κ3) is 4.59. The highest BCUT2D eigenvalue weighted by atomic mass is 16.5. The number of furan rings is 1. The van der Waals surface area contributed by atoms with Crippen LogP contribution in [0.4, 0.5) is 0 Å². The normalized spacial score (nSPS) is 18.2. The van der Waals surface area contributed by atoms with E-state index in [1.54, 1.807) is 32.4 Å². The maximum absolute atomic E-state index is 10.6. The fourth-order valence-electron chi connectivity index (χ4n) is 3.23. The zero-order valence-electron chi connectivity index (χ0n) is 16.9. The Hall–Kier alpha value is -2.67. The van der Waals surface area contributed by atoms with Gasteiger partial charge < -0.3 is 29.6 Å². The first-order valence-corrected chi connectivity index (χ1v) is 9.58. The first-order valence-electron chi connectivity index (χ1n) is 9.58. The molecule has 28 heavy (non-hydrogen) atoms. The summed E-state index contributed by atoms with van der Waals surface area (Å²) in [6.45, 7) is 7.14. The molecule has 0 saturated heterocycles. The number of hydrogen-bond donors (Lipinski definition) is 3. The van der Waals surface area contributed by atoms with Crippen LogP contribution in [0.1, 0.15) is 37.7 Å². The van der Waals surface area contributed by atoms with Crippen molar-refractivity contribution >= 4 is 5.96 Å². The van der Waals surface area contributed by atoms with E-state index in [-0.39, 0.29) is 12.6 Å². The number of benzene rings is 1. The molecule has 2 aromatic rings. The van der Waals surface area contributed by atoms with E-state index in [9.17, 15) is 5.11 Å². The van der Waals surface area contributed by atoms with Gasteiger partial charge in [0.1, 0.15) is 29.0 Å². The molecule has 1 aliphatic rings. The van der Waals surface area contributed by atoms with Gasteiger partial charge in [0.05, 0.1) is 26.5 Å². The number of aliphatic hydroxyl groups is 1. The highest BCUT2D eigenvalue weighted by molar-refractivity contribution is 5.79. The van der Waals surface area contributed by atoms with Crippen LogP contribution >= 0.6 is 0 Å². The van der Waals surface area contributed by atoms with Gasteiger partial charge in [-0.15, -0.1) is 0 Å². The van der Waals surface area contributed by atoms with E-state index >= 15 is 0 Å². The second-order valence-corrected chi connectivity index (χ2v) is 7.20. The van der Waals surface area contributed by atoms with Crippen molar-refractivity contribution in [2.24, 2.45) is 4.99 Å². The van der Waals surface area contributed by atoms with E-state index in [4.69, 9.17) is 13.9 Å². The van der Waals surface area contributed by atoms with E-state index in [0.717, 1.165) is 29.0 Å². The number of ether oxygens (including phenoxy) is 2. The number of nitrogens with zero attached hydrogens (tertiary/aromatic N) is 1. The highest BCUT2D eigenvalue weighted by Gasteiger charge is 2.26. The van der Waals surface area contributed by atoms with Crippen LogP contribution in [0.5, 0.6) is 11.5 Å². The third-order valence-corrected chi connectivity index (χ3v) is 4.70. The summed E-state index contributed by atoms with van der Waals surface area (Å²) in [5.74, 6) is 2.81. The van der Waals surface area contributed by atoms with Crippen LogP contribution in [0.3, 0.4) is 0 Å². The monoisotopic (exact) mass is 387 g/mol. The molecule has 1 aliphatic heterocycles. The molecular formula is C21H29N3O4. The molecule has 2 atom stereocenters. The van der Waals surface area contributed by atoms with Gasteiger partial charge in [-0.1, -0.05) is 0 Å². The Bertz CT molecular complexity index is 815. The van der Waals surface area contributed by atoms with Gasteiger partial charge in [-0.25, -0.2) is 4.99 Å². The molecule has 3 rings (SSSR count). The topological polar surface area (TPSA) is 88.3 Å². The molecule has 0 fully saturated rings. The lowest BCUT2D eigenvalue weighted by Crippen LogP contribution is -2.44. The minimum Gasteiger partial charge on any atom is -0.496 e. The average Bonchev–Trinajstić information content (AvgIpc) is 3.32. The largest absolute Gasteiger partial charge is 0.496 e. The zero-order chi connectivity index (χ0) is 20.1. The summed E-state index contributed by atoms with van der Waals surface area (Å²) in [4.78, 5) is 4.64. The first-order chi connectivity index (χ1) is 13.4. The van der Waals surface area contributed by atoms with E-state index < -0.39 is 5.60 Å². The van der Waals surface area contributed by atoms with Crippen LogP contribution in [0.25, 0.3) is 0 Å². The number of fused-ring (bicyclic) bond motifs is 1. The quantitative estimate of drug-likeness (QED) is 0.500. The lowest BCUT2D eigenvalue weighted by molar-refractivity contribution is 0.0386. The zero-order valence-corrected chi connectivity index (χ0v) is 16.9. The van der Waals surface area contributed by atoms with Gasteiger partial charge in [-0.2, -0.15) is 0 Å². The Balaban J connectivity index is 1.72. The van der Waals surface area contributed by atoms with Crippen LogP contribution in [0.2, 0.25) is 0 Å². The molecular weight excluding hydrogens is 358 g/mol. The van der Waals surface area contributed by atoms with Crippen molar-refractivity contribution in [3.63, 3.8) is 0 Å². The summed E-state index contributed by atoms with van der Waals surface area (Å²) >= 11 is 0. The molecule has 7 heteroatoms. The van der Waals surface area contributed by atoms with E-state index in [0.29, 0.717) is 24.8 Å². The standard InChI is InChI=1S/C21H29N3O4/c1-5-22-20(24-13-21(3,25)19-7-6-8-27-19)23-12-16-11-18-15(9-14(2)28-18)10-17(16)26-4/h6-8,10-11,14,25H,5,9,12-13H2,1-4H3,(H2,22,23,24). The van der Waals surface area contributed by atoms with Crippen LogP contribution < -0.4 is 20.1 Å². The third-order valence-electron chi connectivity index (χ3n) is 4.70. The van der Waals surface area contributed by atoms with E-state index in [1.165, 1.54) is 0 Å². The Morgan fingerprint density at radius 1 is 1.39 bits per heavy atom. The molecule has 3 N–H and O–H groups in total. The molecule has 0 amide bonds. The molecule has 2 heterocycles. The summed E-state index contributed by atoms with van der Waals surface area (Å²) in [5.41, 5.74) is 0.969. The Morgan fingerprint density at radius 2 is 2.21 bits per heavy atom. The van der Waals surface area contributed by atoms with Crippen molar-refractivity contribution < 1.29 is 19.0 Å². The number of aliphatic imine (C=N–C) groups is 1. The second kappa shape index (κ2) is 8.56. The smallest absolute Gasteiger partial charge is 0.191 e. The summed E-state index contributed by atoms with van der Waals surface area (Å²) < 4.78 is 16.7. The number of rotatable bonds is 7. The maximum atomic E-state index is 10.6. The van der Waals surface area contributed by atoms with Gasteiger partial charge in [-0.3, -0.25) is 0 Å². The molecule has 0 radical (unpaired) electrons. The van der Waals surface area contributed by atoms with Gasteiger partial charge in [0.15, 0.2) is 5.96 Å². The van der Waals surface area contributed by atoms with Crippen LogP contribution in [-0.2, 0) is 18.6 Å². The van der Waals surface area contributed by atoms with Crippen LogP contribution in [-0.4, -0.2) is 37.4 Å². The SMILES string of the molecule is CCNC(=NCc1cc2c(cc1OC)CC(C)O2)NCC(C)(O)c1ccco1. The molecule has 0 saturated carbocycles. The molecule has 2 unspecified atom stereocenters. The van der Waals surface area contributed by atoms with Crippen LogP contribution in [0, 0.1) is 0 Å². The summed E-state index contributed by atoms with van der Waals surface area (Å²) in [6, 6.07) is 7.55. The van der Waals surface area contributed by atoms with E-state index in [1.807, 2.05) is 19.1 Å². The Labute approximate surface area is 165 Å². The number of hydrogen-bond acceptors (Lipinski definition) is 5. The highest BCUT2D eigenvalue weighted by Crippen LogP contribution is 2.35. The average molecular weight is 387 g/mol. The molecule has 0 aliphatic carbocycles. The fraction of sp³-hybridized carbons (Fsp3) is 0.476. The molecule has 0 spiro atoms. The minimum atomic E-state index is -1.14. The summed E-state index contributed by atoms with van der Waals surface area (Å²) in [7, 11) is 1.66. The van der Waals surface area contributed by atoms with Crippen molar-refractivity contribution in [2.75, 3.05) is 20.2 Å². The molecule has 7 nitrogen and oxygen atoms in total. The van der Waals surface area contributed by atoms with Crippen molar-refractivity contribution in [3.8, 4) is 11.5 Å². The van der Waals surface area contributed by atoms with Gasteiger partial charge in [-0.05, 0) is 45.0 Å². The summed E-state index contributed by atoms with van der Waals surface area (Å²) in [6.07, 6.45) is 2.62. The predicted molar refractivity (Wildman–Crippen MR) is 108 cm³/mol. The Morgan fingerprint density at radius 3 is 2.89 bits per heavy atom. The number of nitrogens with one attached hydrogen (secondary N) is 2. The van der Waals surface area contributed by atoms with Crippen molar-refractivity contribution in [1.82, 2.24) is 10.6 Å². The van der Waals surface area contributed by atoms with E-state index in [2.05, 4.69) is 22.5 Å². The van der Waals surface area contributed by atoms with Gasteiger partial charge in [0, 0.05) is 24.1 Å². The van der Waals surface area contributed by atoms with Gasteiger partial charge in [0.2, 0.25) is 0 Å². The van der Waals surface area contributed by atoms with Crippen molar-refractivity contribution in [3.05, 3.63) is 47.4 Å². The number of guanidine groups is 1. The summed E-state index contributed by atoms with van der Waals surface area (Å²) in [5, 5.41) is 17.0. The first kappa shape index (κ1) is 20.1. The van der Waals surface area contributed by atoms with Crippen molar-refractivity contribution in [2.45, 2.75) is 45.4 Å². The second-order valence-electron chi connectivity index (χ2n) is 7.20.